The van der Waals surface area contributed by atoms with Gasteiger partial charge in [-0.25, -0.2) is 4.39 Å². The van der Waals surface area contributed by atoms with Gasteiger partial charge in [-0.3, -0.25) is 4.79 Å². The molecule has 1 heterocycles. The van der Waals surface area contributed by atoms with Gasteiger partial charge in [0.2, 0.25) is 0 Å². The van der Waals surface area contributed by atoms with Gasteiger partial charge in [0.1, 0.15) is 5.82 Å². The first-order chi connectivity index (χ1) is 7.73. The highest BCUT2D eigenvalue weighted by Crippen LogP contribution is 2.46. The summed E-state index contributed by atoms with van der Waals surface area (Å²) >= 11 is 0. The van der Waals surface area contributed by atoms with Gasteiger partial charge in [-0.2, -0.15) is 0 Å². The average Bonchev–Trinajstić information content (AvgIpc) is 2.36. The molecule has 2 aliphatic rings. The fraction of sp³-hybridized carbons (Fsp3) is 0.462. The van der Waals surface area contributed by atoms with Crippen LogP contribution in [0.25, 0.3) is 0 Å². The summed E-state index contributed by atoms with van der Waals surface area (Å²) < 4.78 is 14.0. The van der Waals surface area contributed by atoms with E-state index >= 15 is 0 Å². The number of hydrogen-bond donors (Lipinski definition) is 1. The maximum absolute atomic E-state index is 14.0. The summed E-state index contributed by atoms with van der Waals surface area (Å²) in [5.41, 5.74) is 1.13. The minimum absolute atomic E-state index is 0.0123. The van der Waals surface area contributed by atoms with E-state index in [1.54, 1.807) is 12.1 Å². The summed E-state index contributed by atoms with van der Waals surface area (Å²) in [5, 5.41) is 3.15. The molecule has 0 aromatic heterocycles. The molecule has 2 nitrogen and oxygen atoms in total. The number of rotatable bonds is 0. The van der Waals surface area contributed by atoms with E-state index in [0.717, 1.165) is 25.8 Å². The second-order valence-electron chi connectivity index (χ2n) is 4.82. The highest BCUT2D eigenvalue weighted by molar-refractivity contribution is 5.99. The molecule has 1 fully saturated rings. The van der Waals surface area contributed by atoms with Gasteiger partial charge in [0.25, 0.3) is 0 Å². The smallest absolute Gasteiger partial charge is 0.176 e. The zero-order valence-corrected chi connectivity index (χ0v) is 9.05. The quantitative estimate of drug-likeness (QED) is 0.723. The first kappa shape index (κ1) is 9.97. The molecule has 1 saturated carbocycles. The summed E-state index contributed by atoms with van der Waals surface area (Å²) in [7, 11) is 0. The lowest BCUT2D eigenvalue weighted by Crippen LogP contribution is -2.43. The minimum Gasteiger partial charge on any atom is -0.309 e. The van der Waals surface area contributed by atoms with Crippen LogP contribution in [0.2, 0.25) is 0 Å². The van der Waals surface area contributed by atoms with Gasteiger partial charge in [0.15, 0.2) is 5.78 Å². The lowest BCUT2D eigenvalue weighted by molar-refractivity contribution is 0.0993. The van der Waals surface area contributed by atoms with Crippen molar-refractivity contribution >= 4 is 5.78 Å². The van der Waals surface area contributed by atoms with E-state index in [-0.39, 0.29) is 17.0 Å². The highest BCUT2D eigenvalue weighted by atomic mass is 19.1. The molecule has 1 N–H and O–H groups in total. The molecule has 1 spiro atoms. The largest absolute Gasteiger partial charge is 0.309 e. The molecule has 84 valence electrons. The van der Waals surface area contributed by atoms with Crippen LogP contribution in [-0.4, -0.2) is 18.9 Å². The monoisotopic (exact) mass is 219 g/mol. The van der Waals surface area contributed by atoms with Crippen LogP contribution in [0.4, 0.5) is 4.39 Å². The maximum Gasteiger partial charge on any atom is 0.176 e. The van der Waals surface area contributed by atoms with Crippen LogP contribution < -0.4 is 5.32 Å². The van der Waals surface area contributed by atoms with Crippen LogP contribution in [0.15, 0.2) is 18.2 Å². The molecule has 1 aliphatic carbocycles. The summed E-state index contributed by atoms with van der Waals surface area (Å²) in [5.74, 6) is -0.201. The molecule has 16 heavy (non-hydrogen) atoms. The summed E-state index contributed by atoms with van der Waals surface area (Å²) in [6, 6.07) is 4.86. The van der Waals surface area contributed by atoms with Crippen molar-refractivity contribution in [3.05, 3.63) is 35.1 Å². The van der Waals surface area contributed by atoms with Gasteiger partial charge in [-0.05, 0) is 18.9 Å². The Bertz CT molecular complexity index is 451. The average molecular weight is 219 g/mol. The number of halogens is 1. The SMILES string of the molecule is O=C1CNCC2(CCC2)c2c(F)cccc21. The number of fused-ring (bicyclic) bond motifs is 2. The molecule has 0 bridgehead atoms. The van der Waals surface area contributed by atoms with E-state index in [1.165, 1.54) is 6.07 Å². The van der Waals surface area contributed by atoms with Gasteiger partial charge >= 0.3 is 0 Å². The molecule has 0 unspecified atom stereocenters. The van der Waals surface area contributed by atoms with Crippen molar-refractivity contribution in [3.8, 4) is 0 Å². The van der Waals surface area contributed by atoms with E-state index in [4.69, 9.17) is 0 Å². The van der Waals surface area contributed by atoms with Crippen molar-refractivity contribution in [1.82, 2.24) is 5.32 Å². The van der Waals surface area contributed by atoms with Crippen LogP contribution in [0, 0.1) is 5.82 Å². The van der Waals surface area contributed by atoms with Gasteiger partial charge in [-0.15, -0.1) is 0 Å². The summed E-state index contributed by atoms with van der Waals surface area (Å²) in [6.45, 7) is 1.06. The Morgan fingerprint density at radius 3 is 2.81 bits per heavy atom. The van der Waals surface area contributed by atoms with Crippen LogP contribution in [0.5, 0.6) is 0 Å². The molecule has 0 radical (unpaired) electrons. The van der Waals surface area contributed by atoms with Crippen molar-refractivity contribution in [2.24, 2.45) is 0 Å². The molecule has 1 aliphatic heterocycles. The zero-order valence-electron chi connectivity index (χ0n) is 9.05. The Labute approximate surface area is 93.9 Å². The molecule has 3 rings (SSSR count). The molecular weight excluding hydrogens is 205 g/mol. The Balaban J connectivity index is 2.22. The maximum atomic E-state index is 14.0. The van der Waals surface area contributed by atoms with Crippen molar-refractivity contribution in [3.63, 3.8) is 0 Å². The second-order valence-corrected chi connectivity index (χ2v) is 4.82. The fourth-order valence-electron chi connectivity index (χ4n) is 2.92. The number of carbonyl (C=O) groups excluding carboxylic acids is 1. The lowest BCUT2D eigenvalue weighted by atomic mass is 9.63. The van der Waals surface area contributed by atoms with Gasteiger partial charge in [0, 0.05) is 23.1 Å². The van der Waals surface area contributed by atoms with Crippen LogP contribution in [-0.2, 0) is 5.41 Å². The molecule has 0 atom stereocenters. The zero-order chi connectivity index (χ0) is 11.2. The van der Waals surface area contributed by atoms with E-state index in [1.807, 2.05) is 0 Å². The lowest BCUT2D eigenvalue weighted by Gasteiger charge is -2.42. The van der Waals surface area contributed by atoms with Gasteiger partial charge in [0.05, 0.1) is 6.54 Å². The number of ketones is 1. The Kier molecular flexibility index (Phi) is 2.11. The highest BCUT2D eigenvalue weighted by Gasteiger charge is 2.43. The summed E-state index contributed by atoms with van der Waals surface area (Å²) in [6.07, 6.45) is 3.10. The van der Waals surface area contributed by atoms with Gasteiger partial charge in [-0.1, -0.05) is 18.6 Å². The number of carbonyl (C=O) groups is 1. The topological polar surface area (TPSA) is 29.1 Å². The predicted octanol–water partition coefficient (Wildman–Crippen LogP) is 2.03. The molecule has 0 amide bonds. The number of hydrogen-bond acceptors (Lipinski definition) is 2. The Hall–Kier alpha value is -1.22. The van der Waals surface area contributed by atoms with E-state index in [9.17, 15) is 9.18 Å². The normalized spacial score (nSPS) is 22.4. The second kappa shape index (κ2) is 3.39. The van der Waals surface area contributed by atoms with E-state index in [0.29, 0.717) is 17.7 Å². The third kappa shape index (κ3) is 1.24. The van der Waals surface area contributed by atoms with Crippen LogP contribution in [0.3, 0.4) is 0 Å². The third-order valence-corrected chi connectivity index (χ3v) is 3.90. The first-order valence-electron chi connectivity index (χ1n) is 5.76. The molecular formula is C13H14FNO. The Morgan fingerprint density at radius 2 is 2.12 bits per heavy atom. The predicted molar refractivity (Wildman–Crippen MR) is 59.1 cm³/mol. The number of Topliss-reactive ketones (excluding diaryl/α,β-unsaturated/α-hetero) is 1. The van der Waals surface area contributed by atoms with Crippen molar-refractivity contribution < 1.29 is 9.18 Å². The molecule has 1 aromatic carbocycles. The minimum atomic E-state index is -0.214. The van der Waals surface area contributed by atoms with Crippen molar-refractivity contribution in [2.45, 2.75) is 24.7 Å². The molecule has 0 saturated heterocycles. The molecule has 3 heteroatoms. The first-order valence-corrected chi connectivity index (χ1v) is 5.76. The van der Waals surface area contributed by atoms with Crippen molar-refractivity contribution in [1.29, 1.82) is 0 Å². The fourth-order valence-corrected chi connectivity index (χ4v) is 2.92. The standard InChI is InChI=1S/C13H14FNO/c14-10-4-1-3-9-11(16)7-15-8-13(12(9)10)5-2-6-13/h1,3-4,15H,2,5-8H2. The number of nitrogens with one attached hydrogen (secondary N) is 1. The van der Waals surface area contributed by atoms with E-state index in [2.05, 4.69) is 5.32 Å². The summed E-state index contributed by atoms with van der Waals surface area (Å²) in [4.78, 5) is 11.9. The third-order valence-electron chi connectivity index (χ3n) is 3.90. The molecule has 1 aromatic rings. The van der Waals surface area contributed by atoms with Crippen LogP contribution >= 0.6 is 0 Å². The van der Waals surface area contributed by atoms with E-state index < -0.39 is 0 Å². The van der Waals surface area contributed by atoms with Gasteiger partial charge < -0.3 is 5.32 Å². The Morgan fingerprint density at radius 1 is 1.31 bits per heavy atom. The number of benzene rings is 1. The van der Waals surface area contributed by atoms with Crippen LogP contribution in [0.1, 0.15) is 35.2 Å². The van der Waals surface area contributed by atoms with Crippen molar-refractivity contribution in [2.75, 3.05) is 13.1 Å².